The van der Waals surface area contributed by atoms with E-state index in [1.807, 2.05) is 24.8 Å². The largest absolute Gasteiger partial charge is 0.366 e. The van der Waals surface area contributed by atoms with Gasteiger partial charge in [-0.15, -0.1) is 0 Å². The van der Waals surface area contributed by atoms with E-state index in [0.717, 1.165) is 5.56 Å². The Morgan fingerprint density at radius 2 is 1.58 bits per heavy atom. The molecule has 0 saturated carbocycles. The number of carbonyl (C=O) groups is 1. The minimum atomic E-state index is -0.618. The van der Waals surface area contributed by atoms with Crippen LogP contribution in [0.4, 0.5) is 19.3 Å². The van der Waals surface area contributed by atoms with Gasteiger partial charge in [-0.2, -0.15) is 0 Å². The quantitative estimate of drug-likeness (QED) is 0.906. The molecule has 0 radical (unpaired) electrons. The van der Waals surface area contributed by atoms with Gasteiger partial charge in [0, 0.05) is 26.2 Å². The number of anilines is 1. The third-order valence-corrected chi connectivity index (χ3v) is 4.75. The van der Waals surface area contributed by atoms with Crippen molar-refractivity contribution in [1.29, 1.82) is 0 Å². The summed E-state index contributed by atoms with van der Waals surface area (Å²) in [4.78, 5) is 16.3. The van der Waals surface area contributed by atoms with Crippen molar-refractivity contribution >= 4 is 11.7 Å². The zero-order valence-electron chi connectivity index (χ0n) is 15.0. The van der Waals surface area contributed by atoms with E-state index in [1.165, 1.54) is 18.2 Å². The molecule has 2 aromatic carbocycles. The van der Waals surface area contributed by atoms with Crippen molar-refractivity contribution in [3.8, 4) is 0 Å². The number of rotatable bonds is 3. The van der Waals surface area contributed by atoms with Crippen LogP contribution in [0.5, 0.6) is 0 Å². The van der Waals surface area contributed by atoms with Crippen LogP contribution in [0.2, 0.25) is 0 Å². The fraction of sp³-hybridized carbons (Fsp3) is 0.350. The van der Waals surface area contributed by atoms with Crippen LogP contribution in [0.1, 0.15) is 19.4 Å². The SMILES string of the molecule is CC(C)(NC(=O)N1CCN(c2ccccc2F)CC1)c1ccc(F)cc1. The van der Waals surface area contributed by atoms with E-state index in [1.54, 1.807) is 29.2 Å². The topological polar surface area (TPSA) is 35.6 Å². The number of benzene rings is 2. The number of halogens is 2. The van der Waals surface area contributed by atoms with Gasteiger partial charge in [0.15, 0.2) is 0 Å². The molecule has 0 aromatic heterocycles. The normalized spacial score (nSPS) is 15.1. The minimum absolute atomic E-state index is 0.174. The highest BCUT2D eigenvalue weighted by molar-refractivity contribution is 5.75. The monoisotopic (exact) mass is 359 g/mol. The molecule has 6 heteroatoms. The van der Waals surface area contributed by atoms with E-state index in [0.29, 0.717) is 31.9 Å². The summed E-state index contributed by atoms with van der Waals surface area (Å²) in [6.07, 6.45) is 0. The molecule has 0 unspecified atom stereocenters. The summed E-state index contributed by atoms with van der Waals surface area (Å²) in [5.41, 5.74) is 0.782. The molecule has 2 amide bonds. The second-order valence-corrected chi connectivity index (χ2v) is 6.99. The number of hydrogen-bond acceptors (Lipinski definition) is 2. The number of carbonyl (C=O) groups excluding carboxylic acids is 1. The minimum Gasteiger partial charge on any atom is -0.366 e. The maximum Gasteiger partial charge on any atom is 0.318 e. The van der Waals surface area contributed by atoms with Gasteiger partial charge in [-0.3, -0.25) is 0 Å². The molecule has 26 heavy (non-hydrogen) atoms. The van der Waals surface area contributed by atoms with Gasteiger partial charge in [0.2, 0.25) is 0 Å². The lowest BCUT2D eigenvalue weighted by Gasteiger charge is -2.38. The fourth-order valence-corrected chi connectivity index (χ4v) is 3.14. The number of nitrogens with zero attached hydrogens (tertiary/aromatic N) is 2. The number of piperazine rings is 1. The molecule has 4 nitrogen and oxygen atoms in total. The van der Waals surface area contributed by atoms with Crippen molar-refractivity contribution in [2.24, 2.45) is 0 Å². The molecule has 0 aliphatic carbocycles. The van der Waals surface area contributed by atoms with Gasteiger partial charge in [-0.25, -0.2) is 13.6 Å². The Hall–Kier alpha value is -2.63. The van der Waals surface area contributed by atoms with Crippen LogP contribution in [0.15, 0.2) is 48.5 Å². The standard InChI is InChI=1S/C20H23F2N3O/c1-20(2,15-7-9-16(21)10-8-15)23-19(26)25-13-11-24(12-14-25)18-6-4-3-5-17(18)22/h3-10H,11-14H2,1-2H3,(H,23,26). The van der Waals surface area contributed by atoms with Crippen molar-refractivity contribution < 1.29 is 13.6 Å². The van der Waals surface area contributed by atoms with Crippen LogP contribution < -0.4 is 10.2 Å². The van der Waals surface area contributed by atoms with Crippen molar-refractivity contribution in [3.63, 3.8) is 0 Å². The zero-order chi connectivity index (χ0) is 18.7. The molecule has 1 N–H and O–H groups in total. The second-order valence-electron chi connectivity index (χ2n) is 6.99. The molecular formula is C20H23F2N3O. The molecule has 1 fully saturated rings. The number of para-hydroxylation sites is 1. The lowest BCUT2D eigenvalue weighted by molar-refractivity contribution is 0.183. The fourth-order valence-electron chi connectivity index (χ4n) is 3.14. The van der Waals surface area contributed by atoms with Crippen molar-refractivity contribution in [2.75, 3.05) is 31.1 Å². The summed E-state index contributed by atoms with van der Waals surface area (Å²) in [5, 5.41) is 3.00. The highest BCUT2D eigenvalue weighted by atomic mass is 19.1. The van der Waals surface area contributed by atoms with E-state index in [4.69, 9.17) is 0 Å². The molecule has 1 heterocycles. The molecule has 0 atom stereocenters. The smallest absolute Gasteiger partial charge is 0.318 e. The Labute approximate surface area is 152 Å². The van der Waals surface area contributed by atoms with E-state index in [9.17, 15) is 13.6 Å². The van der Waals surface area contributed by atoms with E-state index in [2.05, 4.69) is 5.32 Å². The first-order valence-electron chi connectivity index (χ1n) is 8.69. The summed E-state index contributed by atoms with van der Waals surface area (Å²) in [7, 11) is 0. The summed E-state index contributed by atoms with van der Waals surface area (Å²) in [6, 6.07) is 12.6. The van der Waals surface area contributed by atoms with Gasteiger partial charge in [0.25, 0.3) is 0 Å². The highest BCUT2D eigenvalue weighted by Gasteiger charge is 2.28. The molecule has 2 aromatic rings. The molecule has 1 aliphatic rings. The van der Waals surface area contributed by atoms with Crippen LogP contribution in [-0.2, 0) is 5.54 Å². The Morgan fingerprint density at radius 1 is 0.962 bits per heavy atom. The molecule has 1 aliphatic heterocycles. The lowest BCUT2D eigenvalue weighted by Crippen LogP contribution is -2.55. The Kier molecular flexibility index (Phi) is 5.11. The van der Waals surface area contributed by atoms with E-state index in [-0.39, 0.29) is 17.7 Å². The van der Waals surface area contributed by atoms with Gasteiger partial charge in [0.05, 0.1) is 11.2 Å². The summed E-state index contributed by atoms with van der Waals surface area (Å²) < 4.78 is 27.0. The average molecular weight is 359 g/mol. The average Bonchev–Trinajstić information content (AvgIpc) is 2.62. The molecule has 0 spiro atoms. The van der Waals surface area contributed by atoms with Gasteiger partial charge in [-0.1, -0.05) is 24.3 Å². The van der Waals surface area contributed by atoms with Crippen molar-refractivity contribution in [2.45, 2.75) is 19.4 Å². The van der Waals surface area contributed by atoms with Crippen molar-refractivity contribution in [3.05, 3.63) is 65.7 Å². The maximum atomic E-state index is 13.9. The van der Waals surface area contributed by atoms with Crippen molar-refractivity contribution in [1.82, 2.24) is 10.2 Å². The zero-order valence-corrected chi connectivity index (χ0v) is 15.0. The molecule has 3 rings (SSSR count). The first-order chi connectivity index (χ1) is 12.4. The van der Waals surface area contributed by atoms with Crippen LogP contribution in [-0.4, -0.2) is 37.1 Å². The third kappa shape index (κ3) is 3.95. The van der Waals surface area contributed by atoms with Crippen LogP contribution in [0, 0.1) is 11.6 Å². The Bertz CT molecular complexity index is 769. The number of amides is 2. The van der Waals surface area contributed by atoms with E-state index >= 15 is 0 Å². The van der Waals surface area contributed by atoms with Crippen LogP contribution >= 0.6 is 0 Å². The predicted octanol–water partition coefficient (Wildman–Crippen LogP) is 3.73. The summed E-state index contributed by atoms with van der Waals surface area (Å²) in [6.45, 7) is 5.94. The summed E-state index contributed by atoms with van der Waals surface area (Å²) >= 11 is 0. The predicted molar refractivity (Wildman–Crippen MR) is 98.1 cm³/mol. The molecule has 1 saturated heterocycles. The summed E-state index contributed by atoms with van der Waals surface area (Å²) in [5.74, 6) is -0.553. The maximum absolute atomic E-state index is 13.9. The number of hydrogen-bond donors (Lipinski definition) is 1. The molecular weight excluding hydrogens is 336 g/mol. The van der Waals surface area contributed by atoms with Gasteiger partial charge in [-0.05, 0) is 43.7 Å². The number of urea groups is 1. The van der Waals surface area contributed by atoms with Gasteiger partial charge >= 0.3 is 6.03 Å². The Balaban J connectivity index is 1.60. The molecule has 0 bridgehead atoms. The van der Waals surface area contributed by atoms with E-state index < -0.39 is 5.54 Å². The number of nitrogens with one attached hydrogen (secondary N) is 1. The van der Waals surface area contributed by atoms with Crippen LogP contribution in [0.3, 0.4) is 0 Å². The first-order valence-corrected chi connectivity index (χ1v) is 8.69. The first kappa shape index (κ1) is 18.2. The lowest BCUT2D eigenvalue weighted by atomic mass is 9.94. The molecule has 138 valence electrons. The van der Waals surface area contributed by atoms with Gasteiger partial charge < -0.3 is 15.1 Å². The highest BCUT2D eigenvalue weighted by Crippen LogP contribution is 2.22. The third-order valence-electron chi connectivity index (χ3n) is 4.75. The Morgan fingerprint density at radius 3 is 2.19 bits per heavy atom. The van der Waals surface area contributed by atoms with Gasteiger partial charge in [0.1, 0.15) is 11.6 Å². The van der Waals surface area contributed by atoms with Crippen LogP contribution in [0.25, 0.3) is 0 Å². The second kappa shape index (κ2) is 7.32.